The number of ether oxygens (including phenoxy) is 1. The number of anilines is 2. The van der Waals surface area contributed by atoms with E-state index < -0.39 is 0 Å². The van der Waals surface area contributed by atoms with Gasteiger partial charge in [-0.15, -0.1) is 0 Å². The summed E-state index contributed by atoms with van der Waals surface area (Å²) in [6.07, 6.45) is 0. The van der Waals surface area contributed by atoms with Gasteiger partial charge in [0.25, 0.3) is 0 Å². The molecule has 0 saturated carbocycles. The fourth-order valence-electron chi connectivity index (χ4n) is 2.04. The van der Waals surface area contributed by atoms with E-state index in [2.05, 4.69) is 15.0 Å². The van der Waals surface area contributed by atoms with Gasteiger partial charge < -0.3 is 15.4 Å². The molecule has 0 radical (unpaired) electrons. The monoisotopic (exact) mass is 291 g/mol. The second-order valence-corrected chi connectivity index (χ2v) is 4.86. The molecular weight excluding hydrogens is 278 g/mol. The number of hydrogen-bond acceptors (Lipinski definition) is 6. The Balaban J connectivity index is 1.97. The zero-order chi connectivity index (χ0) is 13.9. The van der Waals surface area contributed by atoms with E-state index in [0.29, 0.717) is 30.0 Å². The first-order valence-corrected chi connectivity index (χ1v) is 6.70. The number of nitrogens with zero attached hydrogens (tertiary/aromatic N) is 4. The van der Waals surface area contributed by atoms with Crippen molar-refractivity contribution in [3.63, 3.8) is 0 Å². The number of benzene rings is 1. The van der Waals surface area contributed by atoms with Gasteiger partial charge in [-0.3, -0.25) is 0 Å². The number of nitrogen functional groups attached to an aromatic ring is 1. The quantitative estimate of drug-likeness (QED) is 0.906. The molecule has 0 atom stereocenters. The molecule has 3 rings (SSSR count). The minimum atomic E-state index is 0.205. The number of hydrogen-bond donors (Lipinski definition) is 1. The second kappa shape index (κ2) is 5.60. The van der Waals surface area contributed by atoms with Crippen molar-refractivity contribution in [2.75, 3.05) is 36.9 Å². The third kappa shape index (κ3) is 2.81. The Labute approximate surface area is 121 Å². The van der Waals surface area contributed by atoms with Crippen LogP contribution in [0.25, 0.3) is 11.4 Å². The Bertz CT molecular complexity index is 615. The van der Waals surface area contributed by atoms with Crippen LogP contribution >= 0.6 is 11.6 Å². The Morgan fingerprint density at radius 1 is 1.15 bits per heavy atom. The molecule has 0 aliphatic carbocycles. The van der Waals surface area contributed by atoms with E-state index in [1.807, 2.05) is 17.0 Å². The van der Waals surface area contributed by atoms with Crippen molar-refractivity contribution in [2.45, 2.75) is 0 Å². The van der Waals surface area contributed by atoms with Crippen molar-refractivity contribution >= 4 is 23.5 Å². The molecule has 0 bridgehead atoms. The van der Waals surface area contributed by atoms with E-state index in [1.54, 1.807) is 12.1 Å². The van der Waals surface area contributed by atoms with Crippen LogP contribution in [-0.4, -0.2) is 41.3 Å². The average molecular weight is 292 g/mol. The van der Waals surface area contributed by atoms with Crippen molar-refractivity contribution in [1.82, 2.24) is 15.0 Å². The molecule has 0 spiro atoms. The Kier molecular flexibility index (Phi) is 3.66. The maximum atomic E-state index is 5.99. The Morgan fingerprint density at radius 2 is 1.95 bits per heavy atom. The van der Waals surface area contributed by atoms with Crippen LogP contribution in [0, 0.1) is 0 Å². The first-order chi connectivity index (χ1) is 9.72. The predicted molar refractivity (Wildman–Crippen MR) is 77.7 cm³/mol. The predicted octanol–water partition coefficient (Wildman–Crippen LogP) is 1.61. The van der Waals surface area contributed by atoms with Crippen LogP contribution in [0.4, 0.5) is 11.9 Å². The van der Waals surface area contributed by atoms with Crippen LogP contribution in [0.5, 0.6) is 0 Å². The molecule has 1 saturated heterocycles. The summed E-state index contributed by atoms with van der Waals surface area (Å²) in [6.45, 7) is 2.83. The minimum absolute atomic E-state index is 0.205. The lowest BCUT2D eigenvalue weighted by atomic mass is 10.2. The molecule has 1 aromatic heterocycles. The maximum Gasteiger partial charge on any atom is 0.230 e. The molecule has 7 heteroatoms. The first-order valence-electron chi connectivity index (χ1n) is 6.32. The van der Waals surface area contributed by atoms with Crippen molar-refractivity contribution in [2.24, 2.45) is 0 Å². The van der Waals surface area contributed by atoms with Gasteiger partial charge in [-0.1, -0.05) is 23.7 Å². The Hall–Kier alpha value is -1.92. The molecule has 2 N–H and O–H groups in total. The Morgan fingerprint density at radius 3 is 2.70 bits per heavy atom. The van der Waals surface area contributed by atoms with E-state index in [-0.39, 0.29) is 5.95 Å². The summed E-state index contributed by atoms with van der Waals surface area (Å²) < 4.78 is 5.32. The highest BCUT2D eigenvalue weighted by Crippen LogP contribution is 2.22. The fraction of sp³-hybridized carbons (Fsp3) is 0.308. The van der Waals surface area contributed by atoms with Gasteiger partial charge in [-0.05, 0) is 12.1 Å². The largest absolute Gasteiger partial charge is 0.378 e. The van der Waals surface area contributed by atoms with E-state index in [4.69, 9.17) is 22.1 Å². The molecule has 2 aromatic rings. The summed E-state index contributed by atoms with van der Waals surface area (Å²) in [7, 11) is 0. The van der Waals surface area contributed by atoms with E-state index in [1.165, 1.54) is 0 Å². The molecule has 104 valence electrons. The third-order valence-electron chi connectivity index (χ3n) is 3.02. The third-order valence-corrected chi connectivity index (χ3v) is 3.25. The van der Waals surface area contributed by atoms with Gasteiger partial charge in [-0.2, -0.15) is 15.0 Å². The zero-order valence-electron chi connectivity index (χ0n) is 10.8. The number of nitrogens with two attached hydrogens (primary N) is 1. The van der Waals surface area contributed by atoms with Crippen molar-refractivity contribution in [3.8, 4) is 11.4 Å². The SMILES string of the molecule is Nc1nc(-c2cccc(Cl)c2)nc(N2CCOCC2)n1. The van der Waals surface area contributed by atoms with Crippen LogP contribution in [0.3, 0.4) is 0 Å². The summed E-state index contributed by atoms with van der Waals surface area (Å²) >= 11 is 5.99. The molecule has 1 fully saturated rings. The van der Waals surface area contributed by atoms with Crippen LogP contribution in [0.2, 0.25) is 5.02 Å². The van der Waals surface area contributed by atoms with Gasteiger partial charge >= 0.3 is 0 Å². The molecule has 1 aliphatic heterocycles. The second-order valence-electron chi connectivity index (χ2n) is 4.43. The topological polar surface area (TPSA) is 77.2 Å². The summed E-state index contributed by atoms with van der Waals surface area (Å²) in [5.41, 5.74) is 6.61. The first kappa shape index (κ1) is 13.1. The van der Waals surface area contributed by atoms with Crippen LogP contribution < -0.4 is 10.6 Å². The van der Waals surface area contributed by atoms with Crippen LogP contribution in [-0.2, 0) is 4.74 Å². The molecule has 20 heavy (non-hydrogen) atoms. The number of rotatable bonds is 2. The number of aromatic nitrogens is 3. The van der Waals surface area contributed by atoms with Crippen LogP contribution in [0.15, 0.2) is 24.3 Å². The lowest BCUT2D eigenvalue weighted by molar-refractivity contribution is 0.122. The van der Waals surface area contributed by atoms with Gasteiger partial charge in [0.05, 0.1) is 13.2 Å². The van der Waals surface area contributed by atoms with Crippen molar-refractivity contribution in [1.29, 1.82) is 0 Å². The van der Waals surface area contributed by atoms with Gasteiger partial charge in [0.1, 0.15) is 0 Å². The number of halogens is 1. The number of morpholine rings is 1. The molecule has 6 nitrogen and oxygen atoms in total. The van der Waals surface area contributed by atoms with Gasteiger partial charge in [0.2, 0.25) is 11.9 Å². The van der Waals surface area contributed by atoms with Gasteiger partial charge in [0, 0.05) is 23.7 Å². The minimum Gasteiger partial charge on any atom is -0.378 e. The van der Waals surface area contributed by atoms with Crippen molar-refractivity contribution in [3.05, 3.63) is 29.3 Å². The van der Waals surface area contributed by atoms with E-state index >= 15 is 0 Å². The van der Waals surface area contributed by atoms with Gasteiger partial charge in [0.15, 0.2) is 5.82 Å². The summed E-state index contributed by atoms with van der Waals surface area (Å²) in [6, 6.07) is 7.35. The molecular formula is C13H14ClN5O. The smallest absolute Gasteiger partial charge is 0.230 e. The molecule has 1 aliphatic rings. The highest BCUT2D eigenvalue weighted by Gasteiger charge is 2.16. The molecule has 0 amide bonds. The highest BCUT2D eigenvalue weighted by molar-refractivity contribution is 6.30. The average Bonchev–Trinajstić information content (AvgIpc) is 2.47. The molecule has 2 heterocycles. The summed E-state index contributed by atoms with van der Waals surface area (Å²) in [5, 5.41) is 0.634. The van der Waals surface area contributed by atoms with Gasteiger partial charge in [-0.25, -0.2) is 0 Å². The lowest BCUT2D eigenvalue weighted by Gasteiger charge is -2.26. The van der Waals surface area contributed by atoms with E-state index in [0.717, 1.165) is 18.7 Å². The zero-order valence-corrected chi connectivity index (χ0v) is 11.5. The lowest BCUT2D eigenvalue weighted by Crippen LogP contribution is -2.37. The fourth-order valence-corrected chi connectivity index (χ4v) is 2.23. The maximum absolute atomic E-state index is 5.99. The summed E-state index contributed by atoms with van der Waals surface area (Å²) in [4.78, 5) is 14.9. The summed E-state index contributed by atoms with van der Waals surface area (Å²) in [5.74, 6) is 1.31. The van der Waals surface area contributed by atoms with E-state index in [9.17, 15) is 0 Å². The molecule has 0 unspecified atom stereocenters. The highest BCUT2D eigenvalue weighted by atomic mass is 35.5. The standard InChI is InChI=1S/C13H14ClN5O/c14-10-3-1-2-9(8-10)11-16-12(15)18-13(17-11)19-4-6-20-7-5-19/h1-3,8H,4-7H2,(H2,15,16,17,18). The van der Waals surface area contributed by atoms with Crippen molar-refractivity contribution < 1.29 is 4.74 Å². The normalized spacial score (nSPS) is 15.3. The molecule has 1 aromatic carbocycles. The van der Waals surface area contributed by atoms with Crippen LogP contribution in [0.1, 0.15) is 0 Å².